The first-order valence-corrected chi connectivity index (χ1v) is 9.26. The predicted octanol–water partition coefficient (Wildman–Crippen LogP) is 3.95. The lowest BCUT2D eigenvalue weighted by Gasteiger charge is -2.15. The van der Waals surface area contributed by atoms with Gasteiger partial charge in [-0.3, -0.25) is 4.79 Å². The Morgan fingerprint density at radius 1 is 1.10 bits per heavy atom. The van der Waals surface area contributed by atoms with Crippen molar-refractivity contribution >= 4 is 5.91 Å². The van der Waals surface area contributed by atoms with Crippen molar-refractivity contribution in [3.05, 3.63) is 89.4 Å². The zero-order valence-corrected chi connectivity index (χ0v) is 16.1. The van der Waals surface area contributed by atoms with E-state index in [4.69, 9.17) is 19.2 Å². The average Bonchev–Trinajstić information content (AvgIpc) is 3.26. The molecular weight excluding hydrogens is 368 g/mol. The van der Waals surface area contributed by atoms with Gasteiger partial charge in [0.25, 0.3) is 5.91 Å². The Labute approximate surface area is 169 Å². The lowest BCUT2D eigenvalue weighted by atomic mass is 10.1. The Bertz CT molecular complexity index is 959. The summed E-state index contributed by atoms with van der Waals surface area (Å²) in [6, 6.07) is 20.2. The maximum Gasteiger partial charge on any atom is 0.261 e. The first-order chi connectivity index (χ1) is 14.1. The molecule has 0 aliphatic heterocycles. The van der Waals surface area contributed by atoms with Crippen molar-refractivity contribution in [3.63, 3.8) is 0 Å². The van der Waals surface area contributed by atoms with Crippen LogP contribution in [-0.2, 0) is 29.3 Å². The summed E-state index contributed by atoms with van der Waals surface area (Å²) in [5, 5.41) is 11.7. The topological polar surface area (TPSA) is 84.5 Å². The highest BCUT2D eigenvalue weighted by Gasteiger charge is 2.14. The number of rotatable bonds is 9. The van der Waals surface area contributed by atoms with E-state index in [0.717, 1.165) is 16.9 Å². The Hall–Kier alpha value is -3.56. The van der Waals surface area contributed by atoms with Gasteiger partial charge in [0.15, 0.2) is 6.10 Å². The van der Waals surface area contributed by atoms with Crippen LogP contribution in [0.15, 0.2) is 71.3 Å². The second kappa shape index (κ2) is 10.1. The molecule has 1 aromatic heterocycles. The molecule has 1 N–H and O–H groups in total. The summed E-state index contributed by atoms with van der Waals surface area (Å²) >= 11 is 0. The van der Waals surface area contributed by atoms with E-state index >= 15 is 0 Å². The highest BCUT2D eigenvalue weighted by Crippen LogP contribution is 2.14. The third kappa shape index (κ3) is 6.23. The minimum atomic E-state index is -0.650. The van der Waals surface area contributed by atoms with Crippen LogP contribution in [0.2, 0.25) is 0 Å². The lowest BCUT2D eigenvalue weighted by molar-refractivity contribution is -0.127. The highest BCUT2D eigenvalue weighted by molar-refractivity contribution is 5.80. The zero-order valence-electron chi connectivity index (χ0n) is 16.1. The SMILES string of the molecule is CC(Oc1ccc(C#N)cc1)C(=O)NCc1cccc(COCc2ccco2)c1. The van der Waals surface area contributed by atoms with Gasteiger partial charge in [0.2, 0.25) is 0 Å². The second-order valence-electron chi connectivity index (χ2n) is 6.51. The Morgan fingerprint density at radius 3 is 2.62 bits per heavy atom. The van der Waals surface area contributed by atoms with Crippen LogP contribution in [0.4, 0.5) is 0 Å². The van der Waals surface area contributed by atoms with Gasteiger partial charge in [0.1, 0.15) is 18.1 Å². The van der Waals surface area contributed by atoms with E-state index in [2.05, 4.69) is 5.32 Å². The molecule has 0 aliphatic carbocycles. The summed E-state index contributed by atoms with van der Waals surface area (Å²) < 4.78 is 16.5. The van der Waals surface area contributed by atoms with Crippen LogP contribution in [0, 0.1) is 11.3 Å². The minimum absolute atomic E-state index is 0.214. The molecule has 6 nitrogen and oxygen atoms in total. The normalized spacial score (nSPS) is 11.4. The number of furan rings is 1. The van der Waals surface area contributed by atoms with E-state index in [9.17, 15) is 4.79 Å². The van der Waals surface area contributed by atoms with Gasteiger partial charge in [0.05, 0.1) is 24.5 Å². The molecule has 1 heterocycles. The molecule has 3 aromatic rings. The van der Waals surface area contributed by atoms with Gasteiger partial charge in [-0.25, -0.2) is 0 Å². The maximum atomic E-state index is 12.3. The molecular formula is C23H22N2O4. The van der Waals surface area contributed by atoms with Crippen molar-refractivity contribution < 1.29 is 18.7 Å². The average molecular weight is 390 g/mol. The minimum Gasteiger partial charge on any atom is -0.481 e. The molecule has 1 unspecified atom stereocenters. The third-order valence-electron chi connectivity index (χ3n) is 4.22. The van der Waals surface area contributed by atoms with Crippen LogP contribution in [0.5, 0.6) is 5.75 Å². The summed E-state index contributed by atoms with van der Waals surface area (Å²) in [5.41, 5.74) is 2.54. The number of carbonyl (C=O) groups is 1. The van der Waals surface area contributed by atoms with Crippen molar-refractivity contribution in [2.75, 3.05) is 0 Å². The van der Waals surface area contributed by atoms with Crippen LogP contribution in [0.25, 0.3) is 0 Å². The highest BCUT2D eigenvalue weighted by atomic mass is 16.5. The van der Waals surface area contributed by atoms with E-state index in [1.165, 1.54) is 0 Å². The first-order valence-electron chi connectivity index (χ1n) is 9.26. The maximum absolute atomic E-state index is 12.3. The molecule has 1 amide bonds. The fraction of sp³-hybridized carbons (Fsp3) is 0.217. The number of hydrogen-bond donors (Lipinski definition) is 1. The summed E-state index contributed by atoms with van der Waals surface area (Å²) in [6.07, 6.45) is 0.969. The van der Waals surface area contributed by atoms with Gasteiger partial charge in [0, 0.05) is 6.54 Å². The van der Waals surface area contributed by atoms with Crippen molar-refractivity contribution in [2.45, 2.75) is 32.8 Å². The fourth-order valence-electron chi connectivity index (χ4n) is 2.69. The van der Waals surface area contributed by atoms with Crippen LogP contribution in [0.1, 0.15) is 29.4 Å². The third-order valence-corrected chi connectivity index (χ3v) is 4.22. The van der Waals surface area contributed by atoms with Crippen molar-refractivity contribution in [2.24, 2.45) is 0 Å². The molecule has 0 saturated heterocycles. The van der Waals surface area contributed by atoms with Crippen LogP contribution >= 0.6 is 0 Å². The van der Waals surface area contributed by atoms with Crippen LogP contribution in [-0.4, -0.2) is 12.0 Å². The molecule has 3 rings (SSSR count). The molecule has 2 aromatic carbocycles. The monoisotopic (exact) mass is 390 g/mol. The van der Waals surface area contributed by atoms with Crippen molar-refractivity contribution in [3.8, 4) is 11.8 Å². The standard InChI is InChI=1S/C23H22N2O4/c1-17(29-21-9-7-18(13-24)8-10-21)23(26)25-14-19-4-2-5-20(12-19)15-27-16-22-6-3-11-28-22/h2-12,17H,14-16H2,1H3,(H,25,26). The molecule has 1 atom stereocenters. The van der Waals surface area contributed by atoms with Gasteiger partial charge in [-0.15, -0.1) is 0 Å². The molecule has 148 valence electrons. The number of hydrogen-bond acceptors (Lipinski definition) is 5. The van der Waals surface area contributed by atoms with E-state index in [-0.39, 0.29) is 5.91 Å². The first kappa shape index (κ1) is 20.2. The number of carbonyl (C=O) groups excluding carboxylic acids is 1. The molecule has 29 heavy (non-hydrogen) atoms. The van der Waals surface area contributed by atoms with Crippen molar-refractivity contribution in [1.82, 2.24) is 5.32 Å². The second-order valence-corrected chi connectivity index (χ2v) is 6.51. The van der Waals surface area contributed by atoms with Gasteiger partial charge < -0.3 is 19.2 Å². The fourth-order valence-corrected chi connectivity index (χ4v) is 2.69. The van der Waals surface area contributed by atoms with Gasteiger partial charge in [-0.2, -0.15) is 5.26 Å². The number of nitriles is 1. The van der Waals surface area contributed by atoms with Crippen LogP contribution < -0.4 is 10.1 Å². The molecule has 0 aliphatic rings. The zero-order chi connectivity index (χ0) is 20.5. The number of ether oxygens (including phenoxy) is 2. The largest absolute Gasteiger partial charge is 0.481 e. The van der Waals surface area contributed by atoms with Gasteiger partial charge >= 0.3 is 0 Å². The summed E-state index contributed by atoms with van der Waals surface area (Å²) in [6.45, 7) is 2.96. The molecule has 0 saturated carbocycles. The molecule has 0 bridgehead atoms. The number of amides is 1. The summed E-state index contributed by atoms with van der Waals surface area (Å²) in [7, 11) is 0. The van der Waals surface area contributed by atoms with E-state index in [0.29, 0.717) is 31.1 Å². The summed E-state index contributed by atoms with van der Waals surface area (Å²) in [5.74, 6) is 1.11. The van der Waals surface area contributed by atoms with E-state index in [1.807, 2.05) is 42.5 Å². The molecule has 0 spiro atoms. The Balaban J connectivity index is 1.45. The smallest absolute Gasteiger partial charge is 0.261 e. The van der Waals surface area contributed by atoms with Gasteiger partial charge in [-0.05, 0) is 54.4 Å². The quantitative estimate of drug-likeness (QED) is 0.598. The van der Waals surface area contributed by atoms with Crippen molar-refractivity contribution in [1.29, 1.82) is 5.26 Å². The van der Waals surface area contributed by atoms with E-state index < -0.39 is 6.10 Å². The van der Waals surface area contributed by atoms with Crippen LogP contribution in [0.3, 0.4) is 0 Å². The number of nitrogens with one attached hydrogen (secondary N) is 1. The molecule has 0 radical (unpaired) electrons. The lowest BCUT2D eigenvalue weighted by Crippen LogP contribution is -2.35. The Morgan fingerprint density at radius 2 is 1.90 bits per heavy atom. The molecule has 6 heteroatoms. The van der Waals surface area contributed by atoms with E-state index in [1.54, 1.807) is 37.5 Å². The number of benzene rings is 2. The molecule has 0 fully saturated rings. The Kier molecular flexibility index (Phi) is 7.04. The predicted molar refractivity (Wildman–Crippen MR) is 107 cm³/mol. The number of nitrogens with zero attached hydrogens (tertiary/aromatic N) is 1. The van der Waals surface area contributed by atoms with Gasteiger partial charge in [-0.1, -0.05) is 24.3 Å². The summed E-state index contributed by atoms with van der Waals surface area (Å²) in [4.78, 5) is 12.3.